The summed E-state index contributed by atoms with van der Waals surface area (Å²) in [5.41, 5.74) is 2.91. The van der Waals surface area contributed by atoms with Crippen LogP contribution in [0.5, 0.6) is 5.75 Å². The van der Waals surface area contributed by atoms with Crippen molar-refractivity contribution in [2.45, 2.75) is 24.8 Å². The summed E-state index contributed by atoms with van der Waals surface area (Å²) in [5.74, 6) is -0.497. The maximum absolute atomic E-state index is 13.7. The highest BCUT2D eigenvalue weighted by Crippen LogP contribution is 2.27. The van der Waals surface area contributed by atoms with E-state index in [2.05, 4.69) is 5.32 Å². The predicted octanol–water partition coefficient (Wildman–Crippen LogP) is 5.63. The molecule has 0 spiro atoms. The molecule has 0 aliphatic heterocycles. The van der Waals surface area contributed by atoms with Crippen LogP contribution in [0.1, 0.15) is 29.7 Å². The van der Waals surface area contributed by atoms with E-state index in [1.807, 2.05) is 68.4 Å². The molecule has 0 heterocycles. The number of aryl methyl sites for hydroxylation is 1. The number of sulfonamides is 1. The first-order chi connectivity index (χ1) is 18.3. The molecule has 0 unspecified atom stereocenters. The second-order valence-corrected chi connectivity index (χ2v) is 10.5. The van der Waals surface area contributed by atoms with E-state index in [4.69, 9.17) is 4.74 Å². The van der Waals surface area contributed by atoms with Crippen LogP contribution in [0.3, 0.4) is 0 Å². The molecule has 0 radical (unpaired) electrons. The first-order valence-electron chi connectivity index (χ1n) is 12.2. The largest absolute Gasteiger partial charge is 0.494 e. The van der Waals surface area contributed by atoms with Crippen LogP contribution in [0.15, 0.2) is 108 Å². The van der Waals surface area contributed by atoms with Gasteiger partial charge >= 0.3 is 0 Å². The third-order valence-corrected chi connectivity index (χ3v) is 7.85. The molecular weight excluding hydrogens is 503 g/mol. The topological polar surface area (TPSA) is 75.7 Å². The van der Waals surface area contributed by atoms with Crippen molar-refractivity contribution in [3.8, 4) is 5.75 Å². The average Bonchev–Trinajstić information content (AvgIpc) is 2.92. The van der Waals surface area contributed by atoms with Gasteiger partial charge in [-0.25, -0.2) is 12.8 Å². The van der Waals surface area contributed by atoms with Gasteiger partial charge in [0, 0.05) is 0 Å². The van der Waals surface area contributed by atoms with Crippen LogP contribution >= 0.6 is 0 Å². The molecule has 0 saturated carbocycles. The van der Waals surface area contributed by atoms with E-state index in [-0.39, 0.29) is 10.6 Å². The van der Waals surface area contributed by atoms with Crippen LogP contribution < -0.4 is 14.4 Å². The van der Waals surface area contributed by atoms with Crippen LogP contribution in [0, 0.1) is 12.7 Å². The number of carbonyl (C=O) groups is 1. The van der Waals surface area contributed by atoms with Crippen LogP contribution in [-0.4, -0.2) is 27.5 Å². The van der Waals surface area contributed by atoms with E-state index in [0.29, 0.717) is 12.4 Å². The Bertz CT molecular complexity index is 1480. The van der Waals surface area contributed by atoms with Gasteiger partial charge in [0.05, 0.1) is 23.2 Å². The van der Waals surface area contributed by atoms with Gasteiger partial charge in [-0.3, -0.25) is 9.10 Å². The number of hydrogen-bond donors (Lipinski definition) is 1. The molecule has 0 saturated heterocycles. The van der Waals surface area contributed by atoms with Gasteiger partial charge in [-0.15, -0.1) is 0 Å². The molecule has 0 bridgehead atoms. The van der Waals surface area contributed by atoms with Gasteiger partial charge in [-0.05, 0) is 79.1 Å². The number of benzene rings is 4. The number of rotatable bonds is 10. The lowest BCUT2D eigenvalue weighted by Crippen LogP contribution is -2.42. The van der Waals surface area contributed by atoms with Crippen molar-refractivity contribution in [3.05, 3.63) is 126 Å². The van der Waals surface area contributed by atoms with Crippen molar-refractivity contribution in [1.82, 2.24) is 5.32 Å². The number of ether oxygens (including phenoxy) is 1. The monoisotopic (exact) mass is 532 g/mol. The van der Waals surface area contributed by atoms with E-state index in [9.17, 15) is 17.6 Å². The molecule has 4 rings (SSSR count). The molecule has 0 aromatic heterocycles. The minimum atomic E-state index is -4.17. The molecule has 0 fully saturated rings. The van der Waals surface area contributed by atoms with Gasteiger partial charge in [-0.1, -0.05) is 54.6 Å². The number of nitrogens with one attached hydrogen (secondary N) is 1. The molecule has 1 atom stereocenters. The second-order valence-electron chi connectivity index (χ2n) is 8.66. The number of hydrogen-bond acceptors (Lipinski definition) is 4. The number of amides is 1. The number of carbonyl (C=O) groups excluding carboxylic acids is 1. The van der Waals surface area contributed by atoms with Crippen molar-refractivity contribution in [3.63, 3.8) is 0 Å². The number of halogens is 1. The Kier molecular flexibility index (Phi) is 8.43. The molecule has 0 aliphatic rings. The Labute approximate surface area is 222 Å². The minimum absolute atomic E-state index is 0.0170. The van der Waals surface area contributed by atoms with Crippen LogP contribution in [0.25, 0.3) is 0 Å². The van der Waals surface area contributed by atoms with E-state index in [0.717, 1.165) is 33.1 Å². The Morgan fingerprint density at radius 2 is 1.53 bits per heavy atom. The highest BCUT2D eigenvalue weighted by atomic mass is 32.2. The SMILES string of the molecule is CCOc1ccc(S(=O)(=O)N(CC(=O)N[C@H](c2ccccc2)c2ccccc2C)c2ccc(F)cc2)cc1. The predicted molar refractivity (Wildman–Crippen MR) is 146 cm³/mol. The summed E-state index contributed by atoms with van der Waals surface area (Å²) in [6, 6.07) is 27.6. The highest BCUT2D eigenvalue weighted by Gasteiger charge is 2.29. The van der Waals surface area contributed by atoms with Crippen molar-refractivity contribution in [2.24, 2.45) is 0 Å². The van der Waals surface area contributed by atoms with Crippen molar-refractivity contribution < 1.29 is 22.3 Å². The highest BCUT2D eigenvalue weighted by molar-refractivity contribution is 7.92. The Morgan fingerprint density at radius 3 is 2.16 bits per heavy atom. The van der Waals surface area contributed by atoms with Gasteiger partial charge < -0.3 is 10.1 Å². The smallest absolute Gasteiger partial charge is 0.264 e. The fourth-order valence-corrected chi connectivity index (χ4v) is 5.58. The van der Waals surface area contributed by atoms with Crippen LogP contribution in [-0.2, 0) is 14.8 Å². The third-order valence-electron chi connectivity index (χ3n) is 6.06. The number of nitrogens with zero attached hydrogens (tertiary/aromatic N) is 1. The fourth-order valence-electron chi connectivity index (χ4n) is 4.16. The molecule has 0 aliphatic carbocycles. The molecule has 6 nitrogen and oxygen atoms in total. The zero-order chi connectivity index (χ0) is 27.1. The van der Waals surface area contributed by atoms with E-state index in [1.165, 1.54) is 24.3 Å². The summed E-state index contributed by atoms with van der Waals surface area (Å²) in [7, 11) is -4.17. The van der Waals surface area contributed by atoms with Gasteiger partial charge in [0.2, 0.25) is 5.91 Å². The van der Waals surface area contributed by atoms with Gasteiger partial charge in [0.25, 0.3) is 10.0 Å². The van der Waals surface area contributed by atoms with Gasteiger partial charge in [-0.2, -0.15) is 0 Å². The standard InChI is InChI=1S/C30H29FN2O4S/c1-3-37-26-17-19-27(20-18-26)38(35,36)33(25-15-13-24(31)14-16-25)21-29(34)32-30(23-10-5-4-6-11-23)28-12-8-7-9-22(28)2/h4-20,30H,3,21H2,1-2H3,(H,32,34)/t30-/m1/s1. The van der Waals surface area contributed by atoms with Crippen molar-refractivity contribution in [2.75, 3.05) is 17.5 Å². The van der Waals surface area contributed by atoms with E-state index in [1.54, 1.807) is 12.1 Å². The second kappa shape index (κ2) is 11.9. The molecular formula is C30H29FN2O4S. The molecule has 4 aromatic carbocycles. The molecule has 38 heavy (non-hydrogen) atoms. The quantitative estimate of drug-likeness (QED) is 0.287. The lowest BCUT2D eigenvalue weighted by Gasteiger charge is -2.27. The third kappa shape index (κ3) is 6.20. The summed E-state index contributed by atoms with van der Waals surface area (Å²) >= 11 is 0. The van der Waals surface area contributed by atoms with Gasteiger partial charge in [0.1, 0.15) is 18.1 Å². The Morgan fingerprint density at radius 1 is 0.895 bits per heavy atom. The zero-order valence-corrected chi connectivity index (χ0v) is 22.0. The summed E-state index contributed by atoms with van der Waals surface area (Å²) in [5, 5.41) is 3.01. The Balaban J connectivity index is 1.68. The normalized spacial score (nSPS) is 12.0. The first-order valence-corrected chi connectivity index (χ1v) is 13.6. The maximum atomic E-state index is 13.7. The lowest BCUT2D eigenvalue weighted by molar-refractivity contribution is -0.120. The average molecular weight is 533 g/mol. The number of anilines is 1. The molecule has 1 amide bonds. The fraction of sp³-hybridized carbons (Fsp3) is 0.167. The lowest BCUT2D eigenvalue weighted by atomic mass is 9.95. The first kappa shape index (κ1) is 26.9. The van der Waals surface area contributed by atoms with Crippen LogP contribution in [0.4, 0.5) is 10.1 Å². The maximum Gasteiger partial charge on any atom is 0.264 e. The van der Waals surface area contributed by atoms with Crippen LogP contribution in [0.2, 0.25) is 0 Å². The summed E-state index contributed by atoms with van der Waals surface area (Å²) in [6.45, 7) is 3.73. The van der Waals surface area contributed by atoms with Crippen molar-refractivity contribution in [1.29, 1.82) is 0 Å². The zero-order valence-electron chi connectivity index (χ0n) is 21.2. The van der Waals surface area contributed by atoms with E-state index < -0.39 is 34.3 Å². The molecule has 1 N–H and O–H groups in total. The molecule has 196 valence electrons. The Hall–Kier alpha value is -4.17. The molecule has 4 aromatic rings. The minimum Gasteiger partial charge on any atom is -0.494 e. The summed E-state index contributed by atoms with van der Waals surface area (Å²) in [6.07, 6.45) is 0. The van der Waals surface area contributed by atoms with E-state index >= 15 is 0 Å². The molecule has 8 heteroatoms. The summed E-state index contributed by atoms with van der Waals surface area (Å²) < 4.78 is 47.5. The van der Waals surface area contributed by atoms with Gasteiger partial charge in [0.15, 0.2) is 0 Å². The summed E-state index contributed by atoms with van der Waals surface area (Å²) in [4.78, 5) is 13.5. The van der Waals surface area contributed by atoms with Crippen molar-refractivity contribution >= 4 is 21.6 Å².